The Balaban J connectivity index is 1.71. The van der Waals surface area contributed by atoms with Crippen molar-refractivity contribution < 1.29 is 19.0 Å². The van der Waals surface area contributed by atoms with Gasteiger partial charge in [0.05, 0.1) is 20.5 Å². The lowest BCUT2D eigenvalue weighted by atomic mass is 9.95. The van der Waals surface area contributed by atoms with Crippen LogP contribution in [-0.4, -0.2) is 51.3 Å². The summed E-state index contributed by atoms with van der Waals surface area (Å²) in [6.45, 7) is 4.88. The van der Waals surface area contributed by atoms with Gasteiger partial charge in [0.25, 0.3) is 0 Å². The van der Waals surface area contributed by atoms with Crippen molar-refractivity contribution in [3.8, 4) is 5.75 Å². The van der Waals surface area contributed by atoms with Crippen LogP contribution in [0.1, 0.15) is 23.1 Å². The van der Waals surface area contributed by atoms with Crippen LogP contribution in [0.3, 0.4) is 0 Å². The van der Waals surface area contributed by atoms with E-state index in [1.165, 1.54) is 12.7 Å². The van der Waals surface area contributed by atoms with E-state index >= 15 is 0 Å². The van der Waals surface area contributed by atoms with Crippen LogP contribution in [0.2, 0.25) is 0 Å². The number of benzene rings is 2. The van der Waals surface area contributed by atoms with Crippen LogP contribution < -0.4 is 4.74 Å². The number of ether oxygens (including phenoxy) is 3. The van der Waals surface area contributed by atoms with Gasteiger partial charge in [0.1, 0.15) is 12.4 Å². The first-order valence-electron chi connectivity index (χ1n) is 10.1. The quantitative estimate of drug-likeness (QED) is 0.373. The van der Waals surface area contributed by atoms with Crippen LogP contribution in [0.4, 0.5) is 0 Å². The molecule has 0 aliphatic carbocycles. The Morgan fingerprint density at radius 3 is 2.73 bits per heavy atom. The smallest absolute Gasteiger partial charge is 0.334 e. The lowest BCUT2D eigenvalue weighted by Gasteiger charge is -2.25. The Kier molecular flexibility index (Phi) is 7.69. The maximum Gasteiger partial charge on any atom is 0.334 e. The fourth-order valence-electron chi connectivity index (χ4n) is 3.55. The molecule has 0 N–H and O–H groups in total. The van der Waals surface area contributed by atoms with Gasteiger partial charge in [0.2, 0.25) is 0 Å². The van der Waals surface area contributed by atoms with E-state index < -0.39 is 0 Å². The molecule has 0 saturated carbocycles. The molecule has 0 amide bonds. The molecule has 0 radical (unpaired) electrons. The summed E-state index contributed by atoms with van der Waals surface area (Å²) < 4.78 is 16.2. The van der Waals surface area contributed by atoms with Crippen LogP contribution >= 0.6 is 0 Å². The summed E-state index contributed by atoms with van der Waals surface area (Å²) in [6, 6.07) is 16.2. The fourth-order valence-corrected chi connectivity index (χ4v) is 3.55. The number of nitrogens with zero attached hydrogens (tertiary/aromatic N) is 1. The Bertz CT molecular complexity index is 932. The van der Waals surface area contributed by atoms with E-state index in [0.717, 1.165) is 47.5 Å². The third kappa shape index (κ3) is 5.51. The average Bonchev–Trinajstić information content (AvgIpc) is 2.79. The number of aryl methyl sites for hydroxylation is 1. The zero-order valence-electron chi connectivity index (χ0n) is 17.9. The van der Waals surface area contributed by atoms with Crippen molar-refractivity contribution in [2.45, 2.75) is 13.3 Å². The molecule has 0 saturated heterocycles. The van der Waals surface area contributed by atoms with Crippen molar-refractivity contribution in [2.24, 2.45) is 0 Å². The van der Waals surface area contributed by atoms with Crippen molar-refractivity contribution in [1.29, 1.82) is 0 Å². The van der Waals surface area contributed by atoms with E-state index in [4.69, 9.17) is 14.2 Å². The van der Waals surface area contributed by atoms with Crippen LogP contribution in [-0.2, 0) is 14.3 Å². The van der Waals surface area contributed by atoms with Crippen molar-refractivity contribution in [1.82, 2.24) is 4.90 Å². The minimum Gasteiger partial charge on any atom is -0.499 e. The van der Waals surface area contributed by atoms with E-state index in [1.807, 2.05) is 42.7 Å². The van der Waals surface area contributed by atoms with Crippen LogP contribution in [0, 0.1) is 6.92 Å². The summed E-state index contributed by atoms with van der Waals surface area (Å²) in [5, 5.41) is 0. The van der Waals surface area contributed by atoms with Crippen molar-refractivity contribution in [2.75, 3.05) is 40.5 Å². The first-order chi connectivity index (χ1) is 14.6. The van der Waals surface area contributed by atoms with Gasteiger partial charge in [-0.3, -0.25) is 4.90 Å². The Morgan fingerprint density at radius 1 is 1.13 bits per heavy atom. The van der Waals surface area contributed by atoms with Crippen LogP contribution in [0.15, 0.2) is 66.4 Å². The molecule has 0 aromatic heterocycles. The molecule has 30 heavy (non-hydrogen) atoms. The first kappa shape index (κ1) is 21.7. The maximum absolute atomic E-state index is 11.8. The van der Waals surface area contributed by atoms with Gasteiger partial charge in [-0.2, -0.15) is 0 Å². The van der Waals surface area contributed by atoms with Gasteiger partial charge >= 0.3 is 5.97 Å². The minimum absolute atomic E-state index is 0.250. The molecular formula is C25H29NO4. The summed E-state index contributed by atoms with van der Waals surface area (Å²) >= 11 is 0. The third-order valence-corrected chi connectivity index (χ3v) is 5.22. The maximum atomic E-state index is 11.8. The second-order valence-electron chi connectivity index (χ2n) is 7.23. The van der Waals surface area contributed by atoms with E-state index in [9.17, 15) is 4.79 Å². The second-order valence-corrected chi connectivity index (χ2v) is 7.23. The van der Waals surface area contributed by atoms with Crippen molar-refractivity contribution in [3.63, 3.8) is 0 Å². The van der Waals surface area contributed by atoms with E-state index in [1.54, 1.807) is 7.11 Å². The summed E-state index contributed by atoms with van der Waals surface area (Å²) in [4.78, 5) is 14.0. The molecule has 0 fully saturated rings. The van der Waals surface area contributed by atoms with Gasteiger partial charge in [-0.25, -0.2) is 4.79 Å². The fraction of sp³-hybridized carbons (Fsp3) is 0.320. The Labute approximate surface area is 178 Å². The van der Waals surface area contributed by atoms with E-state index in [-0.39, 0.29) is 5.97 Å². The molecule has 158 valence electrons. The summed E-state index contributed by atoms with van der Waals surface area (Å²) in [5.41, 5.74) is 5.08. The molecule has 5 heteroatoms. The molecule has 0 unspecified atom stereocenters. The molecule has 1 aliphatic heterocycles. The molecule has 1 heterocycles. The highest BCUT2D eigenvalue weighted by atomic mass is 16.5. The summed E-state index contributed by atoms with van der Waals surface area (Å²) in [7, 11) is 3.09. The van der Waals surface area contributed by atoms with Gasteiger partial charge in [-0.05, 0) is 42.2 Å². The lowest BCUT2D eigenvalue weighted by Crippen LogP contribution is -2.34. The number of rotatable bonds is 8. The molecule has 1 aliphatic rings. The number of methoxy groups -OCH3 is 2. The zero-order chi connectivity index (χ0) is 21.3. The zero-order valence-corrected chi connectivity index (χ0v) is 17.9. The number of hydrogen-bond donors (Lipinski definition) is 0. The lowest BCUT2D eigenvalue weighted by molar-refractivity contribution is -0.136. The molecule has 0 spiro atoms. The van der Waals surface area contributed by atoms with Crippen LogP contribution in [0.25, 0.3) is 5.57 Å². The predicted octanol–water partition coefficient (Wildman–Crippen LogP) is 4.21. The third-order valence-electron chi connectivity index (χ3n) is 5.22. The normalized spacial score (nSPS) is 14.8. The molecule has 5 nitrogen and oxygen atoms in total. The number of carbonyl (C=O) groups is 1. The van der Waals surface area contributed by atoms with E-state index in [0.29, 0.717) is 13.2 Å². The monoisotopic (exact) mass is 407 g/mol. The molecule has 0 bridgehead atoms. The molecule has 2 aromatic rings. The number of hydrogen-bond acceptors (Lipinski definition) is 5. The average molecular weight is 408 g/mol. The molecule has 3 rings (SSSR count). The SMILES string of the molecule is COC(=O)C1=CCCN(CCO/C=C(/c2cccc(OC)c2)c2ccccc2C)C1. The second kappa shape index (κ2) is 10.6. The highest BCUT2D eigenvalue weighted by molar-refractivity contribution is 5.89. The predicted molar refractivity (Wildman–Crippen MR) is 118 cm³/mol. The largest absolute Gasteiger partial charge is 0.499 e. The topological polar surface area (TPSA) is 48.0 Å². The van der Waals surface area contributed by atoms with Gasteiger partial charge in [-0.15, -0.1) is 0 Å². The number of carbonyl (C=O) groups excluding carboxylic acids is 1. The van der Waals surface area contributed by atoms with Gasteiger partial charge in [0.15, 0.2) is 0 Å². The Morgan fingerprint density at radius 2 is 1.97 bits per heavy atom. The van der Waals surface area contributed by atoms with E-state index in [2.05, 4.69) is 30.0 Å². The molecular weight excluding hydrogens is 378 g/mol. The van der Waals surface area contributed by atoms with Crippen LogP contribution in [0.5, 0.6) is 5.75 Å². The highest BCUT2D eigenvalue weighted by Crippen LogP contribution is 2.28. The van der Waals surface area contributed by atoms with Crippen molar-refractivity contribution in [3.05, 3.63) is 83.1 Å². The number of esters is 1. The summed E-state index contributed by atoms with van der Waals surface area (Å²) in [6.07, 6.45) is 4.64. The van der Waals surface area contributed by atoms with Gasteiger partial charge < -0.3 is 14.2 Å². The highest BCUT2D eigenvalue weighted by Gasteiger charge is 2.18. The minimum atomic E-state index is -0.250. The first-order valence-corrected chi connectivity index (χ1v) is 10.1. The van der Waals surface area contributed by atoms with Gasteiger partial charge in [0, 0.05) is 30.8 Å². The van der Waals surface area contributed by atoms with Gasteiger partial charge in [-0.1, -0.05) is 42.5 Å². The standard InChI is InChI=1S/C25H29NO4/c1-19-8-4-5-12-23(19)24(20-9-6-11-22(16-20)28-2)18-30-15-14-26-13-7-10-21(17-26)25(27)29-3/h4-6,8-12,16,18H,7,13-15,17H2,1-3H3/b24-18-. The Hall–Kier alpha value is -3.05. The molecule has 0 atom stereocenters. The summed E-state index contributed by atoms with van der Waals surface area (Å²) in [5.74, 6) is 0.558. The molecule has 2 aromatic carbocycles. The van der Waals surface area contributed by atoms with Crippen molar-refractivity contribution >= 4 is 11.5 Å².